The fourth-order valence-electron chi connectivity index (χ4n) is 4.68. The molecule has 0 saturated heterocycles. The van der Waals surface area contributed by atoms with Crippen LogP contribution in [0.15, 0.2) is 73.3 Å². The van der Waals surface area contributed by atoms with E-state index in [0.717, 1.165) is 25.0 Å². The number of ether oxygens (including phenoxy) is 1. The molecular formula is C30H25F3N6O2. The predicted molar refractivity (Wildman–Crippen MR) is 147 cm³/mol. The Morgan fingerprint density at radius 1 is 1.02 bits per heavy atom. The molecule has 1 fully saturated rings. The van der Waals surface area contributed by atoms with Crippen LogP contribution in [0.1, 0.15) is 30.7 Å². The Bertz CT molecular complexity index is 1670. The molecule has 1 aliphatic rings. The smallest absolute Gasteiger partial charge is 0.241 e. The normalized spacial score (nSPS) is 13.9. The number of H-pyrrole nitrogens is 1. The predicted octanol–water partition coefficient (Wildman–Crippen LogP) is 6.39. The Labute approximate surface area is 233 Å². The number of fused-ring (bicyclic) bond motifs is 1. The third kappa shape index (κ3) is 5.88. The van der Waals surface area contributed by atoms with E-state index in [0.29, 0.717) is 52.0 Å². The fourth-order valence-corrected chi connectivity index (χ4v) is 4.68. The first-order chi connectivity index (χ1) is 20.0. The molecule has 1 atom stereocenters. The molecule has 4 heterocycles. The third-order valence-electron chi connectivity index (χ3n) is 6.93. The average molecular weight is 559 g/mol. The summed E-state index contributed by atoms with van der Waals surface area (Å²) in [5.41, 5.74) is 4.19. The summed E-state index contributed by atoms with van der Waals surface area (Å²) in [6, 6.07) is 13.9. The second kappa shape index (κ2) is 11.4. The van der Waals surface area contributed by atoms with Crippen LogP contribution in [0.2, 0.25) is 0 Å². The van der Waals surface area contributed by atoms with Gasteiger partial charge in [0.15, 0.2) is 0 Å². The van der Waals surface area contributed by atoms with E-state index >= 15 is 0 Å². The van der Waals surface area contributed by atoms with E-state index in [1.54, 1.807) is 18.3 Å². The number of nitrogens with one attached hydrogen (secondary N) is 2. The van der Waals surface area contributed by atoms with E-state index in [9.17, 15) is 18.0 Å². The summed E-state index contributed by atoms with van der Waals surface area (Å²) in [6.07, 6.45) is 3.45. The molecule has 2 N–H and O–H groups in total. The summed E-state index contributed by atoms with van der Waals surface area (Å²) in [5, 5.41) is 2.66. The van der Waals surface area contributed by atoms with Gasteiger partial charge < -0.3 is 15.0 Å². The van der Waals surface area contributed by atoms with Gasteiger partial charge in [-0.1, -0.05) is 18.2 Å². The van der Waals surface area contributed by atoms with Crippen molar-refractivity contribution in [1.29, 1.82) is 0 Å². The van der Waals surface area contributed by atoms with Gasteiger partial charge in [-0.2, -0.15) is 4.98 Å². The number of rotatable bonds is 10. The lowest BCUT2D eigenvalue weighted by Crippen LogP contribution is -2.23. The summed E-state index contributed by atoms with van der Waals surface area (Å²) in [4.78, 5) is 34.2. The number of hydrogen-bond acceptors (Lipinski definition) is 6. The number of carbonyl (C=O) groups excluding carboxylic acids is 1. The van der Waals surface area contributed by atoms with Crippen LogP contribution in [0.5, 0.6) is 5.88 Å². The highest BCUT2D eigenvalue weighted by molar-refractivity contribution is 6.02. The first-order valence-corrected chi connectivity index (χ1v) is 13.2. The molecule has 1 saturated carbocycles. The molecule has 1 amide bonds. The summed E-state index contributed by atoms with van der Waals surface area (Å²) >= 11 is 0. The number of alkyl halides is 2. The monoisotopic (exact) mass is 558 g/mol. The molecule has 1 aliphatic carbocycles. The minimum atomic E-state index is -2.74. The van der Waals surface area contributed by atoms with Gasteiger partial charge in [0.1, 0.15) is 29.0 Å². The second-order valence-corrected chi connectivity index (χ2v) is 9.90. The lowest BCUT2D eigenvalue weighted by Gasteiger charge is -2.17. The molecule has 5 aromatic rings. The zero-order valence-electron chi connectivity index (χ0n) is 21.7. The molecule has 8 nitrogen and oxygen atoms in total. The summed E-state index contributed by atoms with van der Waals surface area (Å²) in [6.45, 7) is 0.568. The Morgan fingerprint density at radius 2 is 1.85 bits per heavy atom. The lowest BCUT2D eigenvalue weighted by atomic mass is 9.95. The van der Waals surface area contributed by atoms with Crippen molar-refractivity contribution < 1.29 is 22.7 Å². The molecule has 0 bridgehead atoms. The maximum Gasteiger partial charge on any atom is 0.241 e. The molecule has 0 aliphatic heterocycles. The maximum absolute atomic E-state index is 13.4. The highest BCUT2D eigenvalue weighted by Gasteiger charge is 2.27. The van der Waals surface area contributed by atoms with E-state index in [4.69, 9.17) is 4.74 Å². The van der Waals surface area contributed by atoms with Gasteiger partial charge >= 0.3 is 0 Å². The number of hydrogen-bond donors (Lipinski definition) is 2. The topological polar surface area (TPSA) is 106 Å². The number of aromatic amines is 1. The zero-order chi connectivity index (χ0) is 28.3. The van der Waals surface area contributed by atoms with Crippen molar-refractivity contribution in [2.75, 3.05) is 11.9 Å². The van der Waals surface area contributed by atoms with Crippen molar-refractivity contribution in [2.45, 2.75) is 31.6 Å². The van der Waals surface area contributed by atoms with Gasteiger partial charge in [-0.15, -0.1) is 0 Å². The van der Waals surface area contributed by atoms with E-state index in [1.165, 1.54) is 24.7 Å². The standard InChI is InChI=1S/C30H25F3N6O2/c31-20-8-6-18(7-9-20)21(14-23(32)33)29(40)38-24-13-19(10-12-35-24)26-25(22-3-1-2-11-34-22)27-28(39-26)30(37-16-36-27)41-15-17-4-5-17/h1-3,6-13,16-17,21,23,39H,4-5,14-15H2,(H,35,38,40). The van der Waals surface area contributed by atoms with E-state index < -0.39 is 30.5 Å². The molecular weight excluding hydrogens is 533 g/mol. The summed E-state index contributed by atoms with van der Waals surface area (Å²) in [5.74, 6) is -1.27. The number of anilines is 1. The van der Waals surface area contributed by atoms with Gasteiger partial charge in [-0.25, -0.2) is 23.1 Å². The van der Waals surface area contributed by atoms with Crippen molar-refractivity contribution in [3.63, 3.8) is 0 Å². The van der Waals surface area contributed by atoms with Crippen LogP contribution in [0.3, 0.4) is 0 Å². The number of pyridine rings is 2. The number of halogens is 3. The first kappa shape index (κ1) is 26.4. The second-order valence-electron chi connectivity index (χ2n) is 9.90. The van der Waals surface area contributed by atoms with E-state index in [1.807, 2.05) is 18.2 Å². The molecule has 1 aromatic carbocycles. The minimum Gasteiger partial charge on any atom is -0.476 e. The quantitative estimate of drug-likeness (QED) is 0.206. The van der Waals surface area contributed by atoms with Gasteiger partial charge in [0.2, 0.25) is 18.2 Å². The van der Waals surface area contributed by atoms with Gasteiger partial charge in [0.25, 0.3) is 0 Å². The van der Waals surface area contributed by atoms with Gasteiger partial charge in [0.05, 0.1) is 29.5 Å². The zero-order valence-corrected chi connectivity index (χ0v) is 21.7. The van der Waals surface area contributed by atoms with Crippen LogP contribution in [0, 0.1) is 11.7 Å². The number of benzene rings is 1. The Balaban J connectivity index is 1.36. The maximum atomic E-state index is 13.4. The molecule has 11 heteroatoms. The molecule has 41 heavy (non-hydrogen) atoms. The molecule has 0 spiro atoms. The van der Waals surface area contributed by atoms with Gasteiger partial charge in [0, 0.05) is 24.4 Å². The minimum absolute atomic E-state index is 0.163. The molecule has 208 valence electrons. The number of carbonyl (C=O) groups is 1. The highest BCUT2D eigenvalue weighted by atomic mass is 19.3. The number of nitrogens with zero attached hydrogens (tertiary/aromatic N) is 4. The third-order valence-corrected chi connectivity index (χ3v) is 6.93. The Hall–Kier alpha value is -4.80. The highest BCUT2D eigenvalue weighted by Crippen LogP contribution is 2.39. The van der Waals surface area contributed by atoms with Crippen LogP contribution in [-0.4, -0.2) is 43.9 Å². The Morgan fingerprint density at radius 3 is 2.59 bits per heavy atom. The van der Waals surface area contributed by atoms with Gasteiger partial charge in [-0.3, -0.25) is 9.78 Å². The van der Waals surface area contributed by atoms with Crippen molar-refractivity contribution in [2.24, 2.45) is 5.92 Å². The number of amides is 1. The van der Waals surface area contributed by atoms with Crippen LogP contribution < -0.4 is 10.1 Å². The van der Waals surface area contributed by atoms with Crippen molar-refractivity contribution in [3.05, 3.63) is 84.7 Å². The van der Waals surface area contributed by atoms with Crippen molar-refractivity contribution in [1.82, 2.24) is 24.9 Å². The van der Waals surface area contributed by atoms with Crippen LogP contribution in [0.4, 0.5) is 19.0 Å². The molecule has 4 aromatic heterocycles. The van der Waals surface area contributed by atoms with Crippen LogP contribution in [0.25, 0.3) is 33.5 Å². The summed E-state index contributed by atoms with van der Waals surface area (Å²) < 4.78 is 46.2. The van der Waals surface area contributed by atoms with E-state index in [2.05, 4.69) is 30.2 Å². The van der Waals surface area contributed by atoms with Crippen molar-refractivity contribution >= 4 is 22.8 Å². The largest absolute Gasteiger partial charge is 0.476 e. The van der Waals surface area contributed by atoms with E-state index in [-0.39, 0.29) is 11.4 Å². The average Bonchev–Trinajstić information content (AvgIpc) is 3.73. The number of aromatic nitrogens is 5. The first-order valence-electron chi connectivity index (χ1n) is 13.2. The van der Waals surface area contributed by atoms with Gasteiger partial charge in [-0.05, 0) is 60.7 Å². The van der Waals surface area contributed by atoms with Crippen LogP contribution in [-0.2, 0) is 4.79 Å². The lowest BCUT2D eigenvalue weighted by molar-refractivity contribution is -0.118. The fraction of sp³-hybridized carbons (Fsp3) is 0.233. The van der Waals surface area contributed by atoms with Crippen molar-refractivity contribution in [3.8, 4) is 28.4 Å². The van der Waals surface area contributed by atoms with Crippen LogP contribution >= 0.6 is 0 Å². The molecule has 0 radical (unpaired) electrons. The summed E-state index contributed by atoms with van der Waals surface area (Å²) in [7, 11) is 0. The Kier molecular flexibility index (Phi) is 7.32. The molecule has 6 rings (SSSR count). The molecule has 1 unspecified atom stereocenters. The SMILES string of the molecule is O=C(Nc1cc(-c2[nH]c3c(OCC4CC4)ncnc3c2-c2ccccn2)ccn1)C(CC(F)F)c1ccc(F)cc1.